The van der Waals surface area contributed by atoms with Gasteiger partial charge in [-0.2, -0.15) is 0 Å². The SMILES string of the molecule is CC(C)(C)OC(=O)N[C@@H](CCNC[C@H]1O[C@@H](n2cnc3c(N)ncnc32)[C@@H]2OC(C)(C)O[C@@H]21)C(=O)OC(C)(C)C. The lowest BCUT2D eigenvalue weighted by Crippen LogP contribution is -2.47. The number of hydrogen-bond donors (Lipinski definition) is 3. The van der Waals surface area contributed by atoms with Gasteiger partial charge in [-0.05, 0) is 68.4 Å². The van der Waals surface area contributed by atoms with Crippen LogP contribution in [0.4, 0.5) is 10.6 Å². The van der Waals surface area contributed by atoms with E-state index in [9.17, 15) is 9.59 Å². The Labute approximate surface area is 233 Å². The number of nitrogen functional groups attached to an aromatic ring is 1. The summed E-state index contributed by atoms with van der Waals surface area (Å²) >= 11 is 0. The van der Waals surface area contributed by atoms with Crippen LogP contribution in [-0.2, 0) is 28.5 Å². The van der Waals surface area contributed by atoms with Crippen LogP contribution in [0.2, 0.25) is 0 Å². The summed E-state index contributed by atoms with van der Waals surface area (Å²) in [6.45, 7) is 15.1. The molecule has 5 atom stereocenters. The molecule has 40 heavy (non-hydrogen) atoms. The smallest absolute Gasteiger partial charge is 0.408 e. The van der Waals surface area contributed by atoms with Crippen LogP contribution in [0.1, 0.15) is 68.0 Å². The summed E-state index contributed by atoms with van der Waals surface area (Å²) in [5, 5.41) is 5.95. The molecule has 4 heterocycles. The molecule has 0 bridgehead atoms. The Hall–Kier alpha value is -3.07. The van der Waals surface area contributed by atoms with Crippen LogP contribution in [0.15, 0.2) is 12.7 Å². The van der Waals surface area contributed by atoms with Crippen LogP contribution >= 0.6 is 0 Å². The van der Waals surface area contributed by atoms with Gasteiger partial charge in [0.1, 0.15) is 47.4 Å². The zero-order valence-corrected chi connectivity index (χ0v) is 24.4. The van der Waals surface area contributed by atoms with E-state index in [1.54, 1.807) is 52.4 Å². The number of fused-ring (bicyclic) bond motifs is 2. The number of alkyl carbamates (subject to hydrolysis) is 1. The number of esters is 1. The van der Waals surface area contributed by atoms with Crippen LogP contribution in [-0.4, -0.2) is 86.0 Å². The standard InChI is InChI=1S/C26H41N7O7/c1-24(2,3)39-22(34)14(32-23(35)40-25(4,5)6)9-10-28-11-15-17-18(38-26(7,8)37-17)21(36-15)33-13-31-16-19(27)29-12-30-20(16)33/h12-15,17-18,21,28H,9-11H2,1-8H3,(H,32,35)(H2,27,29,30)/t14-,15+,17+,18+,21+/m0/s1. The number of rotatable bonds is 8. The molecule has 2 aromatic heterocycles. The minimum atomic E-state index is -0.904. The second-order valence-corrected chi connectivity index (χ2v) is 12.4. The molecule has 4 rings (SSSR count). The predicted molar refractivity (Wildman–Crippen MR) is 144 cm³/mol. The maximum absolute atomic E-state index is 12.8. The lowest BCUT2D eigenvalue weighted by Gasteiger charge is -2.27. The van der Waals surface area contributed by atoms with Crippen molar-refractivity contribution >= 4 is 29.0 Å². The quantitative estimate of drug-likeness (QED) is 0.315. The number of imidazole rings is 1. The van der Waals surface area contributed by atoms with Gasteiger partial charge in [-0.15, -0.1) is 0 Å². The number of ether oxygens (including phenoxy) is 5. The summed E-state index contributed by atoms with van der Waals surface area (Å²) in [6, 6.07) is -0.904. The van der Waals surface area contributed by atoms with Crippen molar-refractivity contribution < 1.29 is 33.3 Å². The minimum absolute atomic E-state index is 0.267. The zero-order valence-electron chi connectivity index (χ0n) is 24.4. The molecule has 0 aliphatic carbocycles. The van der Waals surface area contributed by atoms with E-state index in [-0.39, 0.29) is 24.4 Å². The summed E-state index contributed by atoms with van der Waals surface area (Å²) in [6.07, 6.45) is 0.838. The first-order valence-corrected chi connectivity index (χ1v) is 13.4. The highest BCUT2D eigenvalue weighted by Crippen LogP contribution is 2.43. The van der Waals surface area contributed by atoms with Crippen molar-refractivity contribution in [2.45, 2.75) is 109 Å². The molecule has 2 aliphatic rings. The Morgan fingerprint density at radius 3 is 2.42 bits per heavy atom. The summed E-state index contributed by atoms with van der Waals surface area (Å²) < 4.78 is 31.4. The van der Waals surface area contributed by atoms with Crippen LogP contribution in [0, 0.1) is 0 Å². The van der Waals surface area contributed by atoms with Crippen LogP contribution in [0.25, 0.3) is 11.2 Å². The third kappa shape index (κ3) is 7.16. The molecular weight excluding hydrogens is 522 g/mol. The Kier molecular flexibility index (Phi) is 8.28. The fourth-order valence-electron chi connectivity index (χ4n) is 4.67. The third-order valence-corrected chi connectivity index (χ3v) is 6.12. The van der Waals surface area contributed by atoms with Gasteiger partial charge in [-0.25, -0.2) is 24.5 Å². The van der Waals surface area contributed by atoms with Crippen LogP contribution in [0.5, 0.6) is 0 Å². The zero-order chi connectivity index (χ0) is 29.5. The average Bonchev–Trinajstić information content (AvgIpc) is 3.45. The van der Waals surface area contributed by atoms with Gasteiger partial charge in [0.25, 0.3) is 0 Å². The van der Waals surface area contributed by atoms with E-state index < -0.39 is 47.4 Å². The number of nitrogens with one attached hydrogen (secondary N) is 2. The van der Waals surface area contributed by atoms with E-state index in [0.717, 1.165) is 0 Å². The summed E-state index contributed by atoms with van der Waals surface area (Å²) in [7, 11) is 0. The highest BCUT2D eigenvalue weighted by molar-refractivity contribution is 5.82. The topological polar surface area (TPSA) is 174 Å². The monoisotopic (exact) mass is 563 g/mol. The molecule has 0 aromatic carbocycles. The van der Waals surface area contributed by atoms with Gasteiger partial charge in [-0.1, -0.05) is 0 Å². The first-order valence-electron chi connectivity index (χ1n) is 13.4. The van der Waals surface area contributed by atoms with Gasteiger partial charge >= 0.3 is 12.1 Å². The van der Waals surface area contributed by atoms with Crippen LogP contribution in [0.3, 0.4) is 0 Å². The molecular formula is C26H41N7O7. The number of anilines is 1. The first kappa shape index (κ1) is 29.9. The third-order valence-electron chi connectivity index (χ3n) is 6.12. The lowest BCUT2D eigenvalue weighted by atomic mass is 10.1. The Balaban J connectivity index is 1.41. The number of carbonyl (C=O) groups is 2. The van der Waals surface area contributed by atoms with Gasteiger partial charge in [0.2, 0.25) is 0 Å². The van der Waals surface area contributed by atoms with Gasteiger partial charge in [0, 0.05) is 6.54 Å². The number of hydrogen-bond acceptors (Lipinski definition) is 12. The van der Waals surface area contributed by atoms with E-state index in [2.05, 4.69) is 25.6 Å². The maximum atomic E-state index is 12.8. The van der Waals surface area contributed by atoms with E-state index in [1.165, 1.54) is 6.33 Å². The van der Waals surface area contributed by atoms with Crippen LogP contribution < -0.4 is 16.4 Å². The second-order valence-electron chi connectivity index (χ2n) is 12.4. The summed E-state index contributed by atoms with van der Waals surface area (Å²) in [4.78, 5) is 37.9. The Bertz CT molecular complexity index is 1220. The minimum Gasteiger partial charge on any atom is -0.458 e. The highest BCUT2D eigenvalue weighted by Gasteiger charge is 2.56. The van der Waals surface area contributed by atoms with Gasteiger partial charge in [0.15, 0.2) is 23.5 Å². The fraction of sp³-hybridized carbons (Fsp3) is 0.731. The molecule has 4 N–H and O–H groups in total. The van der Waals surface area contributed by atoms with Crippen molar-refractivity contribution in [3.05, 3.63) is 12.7 Å². The van der Waals surface area contributed by atoms with Gasteiger partial charge < -0.3 is 40.1 Å². The van der Waals surface area contributed by atoms with Crippen molar-refractivity contribution in [3.8, 4) is 0 Å². The van der Waals surface area contributed by atoms with E-state index in [4.69, 9.17) is 29.4 Å². The molecule has 0 spiro atoms. The Morgan fingerprint density at radius 2 is 1.75 bits per heavy atom. The van der Waals surface area contributed by atoms with Crippen molar-refractivity contribution in [2.24, 2.45) is 0 Å². The largest absolute Gasteiger partial charge is 0.458 e. The molecule has 0 unspecified atom stereocenters. The van der Waals surface area contributed by atoms with E-state index >= 15 is 0 Å². The van der Waals surface area contributed by atoms with E-state index in [0.29, 0.717) is 24.3 Å². The average molecular weight is 564 g/mol. The molecule has 2 aromatic rings. The van der Waals surface area contributed by atoms with E-state index in [1.807, 2.05) is 13.8 Å². The number of nitrogens with two attached hydrogens (primary N) is 1. The molecule has 0 saturated carbocycles. The summed E-state index contributed by atoms with van der Waals surface area (Å²) in [5.41, 5.74) is 5.57. The van der Waals surface area contributed by atoms with Crippen molar-refractivity contribution in [2.75, 3.05) is 18.8 Å². The lowest BCUT2D eigenvalue weighted by molar-refractivity contribution is -0.195. The first-order chi connectivity index (χ1) is 18.5. The maximum Gasteiger partial charge on any atom is 0.408 e. The molecule has 2 aliphatic heterocycles. The second kappa shape index (κ2) is 11.1. The number of amides is 1. The fourth-order valence-corrected chi connectivity index (χ4v) is 4.67. The normalized spacial score (nSPS) is 25.0. The molecule has 0 radical (unpaired) electrons. The number of aromatic nitrogens is 4. The van der Waals surface area contributed by atoms with Gasteiger partial charge in [-0.3, -0.25) is 4.57 Å². The summed E-state index contributed by atoms with van der Waals surface area (Å²) in [5.74, 6) is -1.07. The van der Waals surface area contributed by atoms with Crippen molar-refractivity contribution in [3.63, 3.8) is 0 Å². The number of nitrogens with zero attached hydrogens (tertiary/aromatic N) is 4. The highest BCUT2D eigenvalue weighted by atomic mass is 16.8. The van der Waals surface area contributed by atoms with Crippen molar-refractivity contribution in [1.29, 1.82) is 0 Å². The molecule has 2 saturated heterocycles. The molecule has 1 amide bonds. The predicted octanol–water partition coefficient (Wildman–Crippen LogP) is 2.04. The molecule has 14 heteroatoms. The molecule has 2 fully saturated rings. The molecule has 222 valence electrons. The molecule has 14 nitrogen and oxygen atoms in total. The van der Waals surface area contributed by atoms with Crippen molar-refractivity contribution in [1.82, 2.24) is 30.2 Å². The van der Waals surface area contributed by atoms with Gasteiger partial charge in [0.05, 0.1) is 6.33 Å². The number of carbonyl (C=O) groups excluding carboxylic acids is 2. The Morgan fingerprint density at radius 1 is 1.07 bits per heavy atom.